The summed E-state index contributed by atoms with van der Waals surface area (Å²) in [7, 11) is 0. The zero-order chi connectivity index (χ0) is 15.9. The van der Waals surface area contributed by atoms with E-state index in [0.29, 0.717) is 0 Å². The van der Waals surface area contributed by atoms with Crippen LogP contribution in [0.5, 0.6) is 0 Å². The van der Waals surface area contributed by atoms with Gasteiger partial charge in [-0.05, 0) is 24.3 Å². The number of aliphatic hydroxyl groups is 1. The molecule has 0 saturated carbocycles. The van der Waals surface area contributed by atoms with E-state index in [1.54, 1.807) is 24.8 Å². The van der Waals surface area contributed by atoms with E-state index in [2.05, 4.69) is 9.97 Å². The average Bonchev–Trinajstić information content (AvgIpc) is 2.51. The minimum atomic E-state index is -1.79. The van der Waals surface area contributed by atoms with Gasteiger partial charge in [-0.15, -0.1) is 0 Å². The minimum Gasteiger partial charge on any atom is -0.481 e. The lowest BCUT2D eigenvalue weighted by Gasteiger charge is -1.97. The van der Waals surface area contributed by atoms with Crippen molar-refractivity contribution in [2.24, 2.45) is 0 Å². The topological polar surface area (TPSA) is 121 Å². The zero-order valence-corrected chi connectivity index (χ0v) is 11.1. The molecule has 1 atom stereocenters. The maximum atomic E-state index is 9.72. The van der Waals surface area contributed by atoms with Crippen LogP contribution in [-0.2, 0) is 9.59 Å². The molecule has 2 heterocycles. The second-order valence-electron chi connectivity index (χ2n) is 3.50. The third-order valence-corrected chi connectivity index (χ3v) is 1.79. The largest absolute Gasteiger partial charge is 0.481 e. The quantitative estimate of drug-likeness (QED) is 0.773. The molecule has 0 bridgehead atoms. The fourth-order valence-electron chi connectivity index (χ4n) is 0.878. The van der Waals surface area contributed by atoms with Crippen LogP contribution >= 0.6 is 0 Å². The normalized spacial score (nSPS) is 9.95. The Morgan fingerprint density at radius 1 is 0.810 bits per heavy atom. The molecule has 0 unspecified atom stereocenters. The molecule has 0 aromatic carbocycles. The van der Waals surface area contributed by atoms with E-state index in [1.807, 2.05) is 36.4 Å². The first-order valence-corrected chi connectivity index (χ1v) is 5.86. The van der Waals surface area contributed by atoms with Crippen molar-refractivity contribution in [1.29, 1.82) is 0 Å². The molecule has 0 spiro atoms. The van der Waals surface area contributed by atoms with Gasteiger partial charge in [0.15, 0.2) is 6.10 Å². The maximum Gasteiger partial charge on any atom is 0.333 e. The summed E-state index contributed by atoms with van der Waals surface area (Å²) < 4.78 is 0. The van der Waals surface area contributed by atoms with E-state index < -0.39 is 24.5 Å². The first kappa shape index (κ1) is 18.2. The fourth-order valence-corrected chi connectivity index (χ4v) is 0.878. The number of rotatable bonds is 3. The van der Waals surface area contributed by atoms with Gasteiger partial charge in [-0.3, -0.25) is 14.8 Å². The summed E-state index contributed by atoms with van der Waals surface area (Å²) in [6.45, 7) is 0. The highest BCUT2D eigenvalue weighted by molar-refractivity contribution is 5.79. The highest BCUT2D eigenvalue weighted by atomic mass is 16.4. The minimum absolute atomic E-state index is 0.755. The second-order valence-corrected chi connectivity index (χ2v) is 3.50. The molecule has 7 heteroatoms. The molecule has 0 aliphatic heterocycles. The Balaban J connectivity index is 0.000000293. The van der Waals surface area contributed by atoms with Crippen LogP contribution in [0.15, 0.2) is 61.2 Å². The van der Waals surface area contributed by atoms with Crippen LogP contribution in [0.25, 0.3) is 0 Å². The molecule has 112 valence electrons. The Hall–Kier alpha value is -2.80. The van der Waals surface area contributed by atoms with Crippen molar-refractivity contribution in [3.63, 3.8) is 0 Å². The molecule has 2 aromatic heterocycles. The molecule has 0 aliphatic carbocycles. The fraction of sp³-hybridized carbons (Fsp3) is 0.143. The van der Waals surface area contributed by atoms with E-state index in [0.717, 1.165) is 0 Å². The molecule has 3 N–H and O–H groups in total. The highest BCUT2D eigenvalue weighted by Gasteiger charge is 2.16. The summed E-state index contributed by atoms with van der Waals surface area (Å²) in [5, 5.41) is 24.1. The van der Waals surface area contributed by atoms with E-state index in [4.69, 9.17) is 15.3 Å². The Bertz CT molecular complexity index is 408. The number of carboxylic acid groups (broad SMARTS) is 2. The number of aliphatic carboxylic acids is 2. The average molecular weight is 292 g/mol. The summed E-state index contributed by atoms with van der Waals surface area (Å²) in [4.78, 5) is 27.0. The van der Waals surface area contributed by atoms with E-state index in [-0.39, 0.29) is 0 Å². The van der Waals surface area contributed by atoms with Gasteiger partial charge >= 0.3 is 11.9 Å². The van der Waals surface area contributed by atoms with E-state index in [1.165, 1.54) is 0 Å². The Kier molecular flexibility index (Phi) is 10.6. The van der Waals surface area contributed by atoms with Crippen LogP contribution in [0.4, 0.5) is 0 Å². The van der Waals surface area contributed by atoms with Crippen LogP contribution in [0, 0.1) is 0 Å². The predicted molar refractivity (Wildman–Crippen MR) is 74.4 cm³/mol. The van der Waals surface area contributed by atoms with Crippen molar-refractivity contribution in [3.05, 3.63) is 61.2 Å². The van der Waals surface area contributed by atoms with Crippen molar-refractivity contribution < 1.29 is 24.9 Å². The Labute approximate surface area is 121 Å². The van der Waals surface area contributed by atoms with Crippen LogP contribution < -0.4 is 0 Å². The van der Waals surface area contributed by atoms with Gasteiger partial charge in [-0.25, -0.2) is 4.79 Å². The van der Waals surface area contributed by atoms with E-state index in [9.17, 15) is 9.59 Å². The number of hydrogen-bond acceptors (Lipinski definition) is 5. The lowest BCUT2D eigenvalue weighted by molar-refractivity contribution is -0.152. The third-order valence-electron chi connectivity index (χ3n) is 1.79. The number of hydrogen-bond donors (Lipinski definition) is 3. The smallest absolute Gasteiger partial charge is 0.333 e. The van der Waals surface area contributed by atoms with Crippen molar-refractivity contribution in [2.45, 2.75) is 12.5 Å². The molecule has 0 saturated heterocycles. The summed E-state index contributed by atoms with van der Waals surface area (Å²) in [5.41, 5.74) is 0. The molecule has 2 aromatic rings. The van der Waals surface area contributed by atoms with Gasteiger partial charge in [0.05, 0.1) is 6.42 Å². The number of nitrogens with zero attached hydrogens (tertiary/aromatic N) is 2. The number of aromatic nitrogens is 2. The molecular formula is C14H16N2O5. The highest BCUT2D eigenvalue weighted by Crippen LogP contribution is 1.89. The summed E-state index contributed by atoms with van der Waals surface area (Å²) in [6, 6.07) is 11.4. The summed E-state index contributed by atoms with van der Waals surface area (Å²) in [5.74, 6) is -2.85. The predicted octanol–water partition coefficient (Wildman–Crippen LogP) is 1.07. The number of carboxylic acids is 2. The van der Waals surface area contributed by atoms with Crippen LogP contribution in [0.3, 0.4) is 0 Å². The van der Waals surface area contributed by atoms with Gasteiger partial charge in [0.25, 0.3) is 0 Å². The number of carbonyl (C=O) groups is 2. The lowest BCUT2D eigenvalue weighted by atomic mass is 10.3. The molecule has 21 heavy (non-hydrogen) atoms. The van der Waals surface area contributed by atoms with E-state index >= 15 is 0 Å². The molecule has 0 fully saturated rings. The van der Waals surface area contributed by atoms with Gasteiger partial charge in [0, 0.05) is 24.8 Å². The Morgan fingerprint density at radius 3 is 1.29 bits per heavy atom. The second kappa shape index (κ2) is 12.2. The zero-order valence-electron chi connectivity index (χ0n) is 11.1. The first-order chi connectivity index (χ1) is 10.0. The van der Waals surface area contributed by atoms with Crippen molar-refractivity contribution >= 4 is 11.9 Å². The molecule has 0 amide bonds. The molecule has 0 radical (unpaired) electrons. The lowest BCUT2D eigenvalue weighted by Crippen LogP contribution is -2.22. The Morgan fingerprint density at radius 2 is 1.19 bits per heavy atom. The third kappa shape index (κ3) is 13.4. The van der Waals surface area contributed by atoms with Gasteiger partial charge in [-0.1, -0.05) is 12.1 Å². The van der Waals surface area contributed by atoms with Crippen LogP contribution in [0.2, 0.25) is 0 Å². The number of aliphatic hydroxyl groups excluding tert-OH is 1. The molecule has 0 aliphatic rings. The van der Waals surface area contributed by atoms with Crippen molar-refractivity contribution in [1.82, 2.24) is 9.97 Å². The summed E-state index contributed by atoms with van der Waals surface area (Å²) >= 11 is 0. The molecule has 7 nitrogen and oxygen atoms in total. The molecule has 2 rings (SSSR count). The number of pyridine rings is 2. The molecular weight excluding hydrogens is 276 g/mol. The van der Waals surface area contributed by atoms with Gasteiger partial charge < -0.3 is 15.3 Å². The van der Waals surface area contributed by atoms with Gasteiger partial charge in [0.1, 0.15) is 0 Å². The van der Waals surface area contributed by atoms with Gasteiger partial charge in [0.2, 0.25) is 0 Å². The van der Waals surface area contributed by atoms with Crippen LogP contribution in [0.1, 0.15) is 6.42 Å². The maximum absolute atomic E-state index is 9.72. The first-order valence-electron chi connectivity index (χ1n) is 5.86. The van der Waals surface area contributed by atoms with Crippen LogP contribution in [-0.4, -0.2) is 43.3 Å². The SMILES string of the molecule is O=C(O)C[C@H](O)C(=O)O.c1ccncc1.c1ccncc1. The standard InChI is InChI=1S/2C5H5N.C4H6O5/c2*1-2-4-6-5-3-1;5-2(4(8)9)1-3(6)7/h2*1-5H;2,5H,1H2,(H,6,7)(H,8,9)/t;;2-/m..0/s1. The monoisotopic (exact) mass is 292 g/mol. The van der Waals surface area contributed by atoms with Crippen molar-refractivity contribution in [2.75, 3.05) is 0 Å². The summed E-state index contributed by atoms with van der Waals surface area (Å²) in [6.07, 6.45) is 4.46. The van der Waals surface area contributed by atoms with Crippen molar-refractivity contribution in [3.8, 4) is 0 Å². The van der Waals surface area contributed by atoms with Gasteiger partial charge in [-0.2, -0.15) is 0 Å².